The number of nitrogens with zero attached hydrogens (tertiary/aromatic N) is 1. The molecule has 0 saturated heterocycles. The summed E-state index contributed by atoms with van der Waals surface area (Å²) in [6, 6.07) is 15.1. The number of halogens is 1. The first-order valence-corrected chi connectivity index (χ1v) is 11.7. The van der Waals surface area contributed by atoms with E-state index in [0.717, 1.165) is 17.5 Å². The smallest absolute Gasteiger partial charge is 0.190 e. The number of hydrogen-bond acceptors (Lipinski definition) is 5. The van der Waals surface area contributed by atoms with Gasteiger partial charge in [-0.15, -0.1) is 24.0 Å². The van der Waals surface area contributed by atoms with Crippen LogP contribution in [0.2, 0.25) is 0 Å². The second kappa shape index (κ2) is 14.1. The lowest BCUT2D eigenvalue weighted by Gasteiger charge is -2.13. The third-order valence-corrected chi connectivity index (χ3v) is 6.22. The van der Waals surface area contributed by atoms with E-state index >= 15 is 0 Å². The van der Waals surface area contributed by atoms with Crippen LogP contribution in [0.15, 0.2) is 53.5 Å². The number of methoxy groups -OCH3 is 2. The lowest BCUT2D eigenvalue weighted by Crippen LogP contribution is -2.39. The average molecular weight is 561 g/mol. The van der Waals surface area contributed by atoms with E-state index in [1.165, 1.54) is 0 Å². The van der Waals surface area contributed by atoms with E-state index in [1.54, 1.807) is 21.3 Å². The molecule has 2 rings (SSSR count). The van der Waals surface area contributed by atoms with E-state index < -0.39 is 9.84 Å². The van der Waals surface area contributed by atoms with Crippen molar-refractivity contribution < 1.29 is 17.9 Å². The van der Waals surface area contributed by atoms with Crippen molar-refractivity contribution in [3.63, 3.8) is 0 Å². The van der Waals surface area contributed by atoms with Gasteiger partial charge >= 0.3 is 0 Å². The molecule has 0 amide bonds. The normalized spacial score (nSPS) is 11.4. The van der Waals surface area contributed by atoms with Crippen LogP contribution in [0.1, 0.15) is 17.5 Å². The molecule has 0 spiro atoms. The highest BCUT2D eigenvalue weighted by atomic mass is 127. The van der Waals surface area contributed by atoms with Gasteiger partial charge in [0.1, 0.15) is 0 Å². The van der Waals surface area contributed by atoms with Gasteiger partial charge < -0.3 is 20.1 Å². The minimum atomic E-state index is -3.13. The Morgan fingerprint density at radius 3 is 2.26 bits per heavy atom. The van der Waals surface area contributed by atoms with Crippen molar-refractivity contribution in [3.05, 3.63) is 59.7 Å². The molecular weight excluding hydrogens is 529 g/mol. The van der Waals surface area contributed by atoms with Crippen molar-refractivity contribution in [2.75, 3.05) is 40.1 Å². The Balaban J connectivity index is 0.00000480. The molecule has 0 aliphatic heterocycles. The Kier molecular flexibility index (Phi) is 12.3. The van der Waals surface area contributed by atoms with Crippen molar-refractivity contribution in [1.29, 1.82) is 0 Å². The Morgan fingerprint density at radius 1 is 0.935 bits per heavy atom. The molecule has 0 aromatic heterocycles. The van der Waals surface area contributed by atoms with E-state index in [0.29, 0.717) is 37.0 Å². The SMILES string of the molecule is CN=C(NCCCS(=O)(=O)Cc1ccccc1)NCCc1ccc(OC)c(OC)c1.I. The molecule has 0 atom stereocenters. The fraction of sp³-hybridized carbons (Fsp3) is 0.409. The number of ether oxygens (including phenoxy) is 2. The molecule has 0 aliphatic carbocycles. The van der Waals surface area contributed by atoms with Gasteiger partial charge in [0.15, 0.2) is 27.3 Å². The van der Waals surface area contributed by atoms with Crippen LogP contribution in [-0.2, 0) is 22.0 Å². The Hall–Kier alpha value is -2.01. The van der Waals surface area contributed by atoms with Crippen molar-refractivity contribution >= 4 is 39.8 Å². The summed E-state index contributed by atoms with van der Waals surface area (Å²) in [4.78, 5) is 4.18. The lowest BCUT2D eigenvalue weighted by molar-refractivity contribution is 0.354. The van der Waals surface area contributed by atoms with Crippen LogP contribution in [0.5, 0.6) is 11.5 Å². The molecule has 0 unspecified atom stereocenters. The largest absolute Gasteiger partial charge is 0.493 e. The summed E-state index contributed by atoms with van der Waals surface area (Å²) in [6.07, 6.45) is 1.30. The molecule has 0 radical (unpaired) electrons. The van der Waals surface area contributed by atoms with Gasteiger partial charge in [0.2, 0.25) is 0 Å². The second-order valence-corrected chi connectivity index (χ2v) is 8.98. The molecular formula is C22H32IN3O4S. The van der Waals surface area contributed by atoms with Crippen LogP contribution in [0.25, 0.3) is 0 Å². The number of rotatable bonds is 11. The molecule has 0 aliphatic rings. The van der Waals surface area contributed by atoms with Crippen LogP contribution in [0.3, 0.4) is 0 Å². The quantitative estimate of drug-likeness (QED) is 0.190. The predicted octanol–water partition coefficient (Wildman–Crippen LogP) is 3.03. The molecule has 9 heteroatoms. The first-order chi connectivity index (χ1) is 14.5. The molecule has 2 N–H and O–H groups in total. The number of hydrogen-bond donors (Lipinski definition) is 2. The lowest BCUT2D eigenvalue weighted by atomic mass is 10.1. The standard InChI is InChI=1S/C22H31N3O4S.HI/c1-23-22(25-14-12-18-10-11-20(28-2)21(16-18)29-3)24-13-7-15-30(26,27)17-19-8-5-4-6-9-19;/h4-6,8-11,16H,7,12-15,17H2,1-3H3,(H2,23,24,25);1H. The third kappa shape index (κ3) is 9.77. The molecule has 7 nitrogen and oxygen atoms in total. The Labute approximate surface area is 202 Å². The van der Waals surface area contributed by atoms with Crippen LogP contribution in [0, 0.1) is 0 Å². The zero-order valence-corrected chi connectivity index (χ0v) is 21.4. The van der Waals surface area contributed by atoms with Gasteiger partial charge in [-0.05, 0) is 36.1 Å². The highest BCUT2D eigenvalue weighted by Gasteiger charge is 2.11. The fourth-order valence-corrected chi connectivity index (χ4v) is 4.41. The van der Waals surface area contributed by atoms with Crippen LogP contribution in [-0.4, -0.2) is 54.5 Å². The number of aliphatic imine (C=N–C) groups is 1. The maximum absolute atomic E-state index is 12.2. The maximum Gasteiger partial charge on any atom is 0.190 e. The van der Waals surface area contributed by atoms with E-state index in [1.807, 2.05) is 48.5 Å². The van der Waals surface area contributed by atoms with Gasteiger partial charge in [-0.1, -0.05) is 36.4 Å². The Morgan fingerprint density at radius 2 is 1.61 bits per heavy atom. The zero-order chi connectivity index (χ0) is 21.8. The van der Waals surface area contributed by atoms with E-state index in [4.69, 9.17) is 9.47 Å². The fourth-order valence-electron chi connectivity index (χ4n) is 2.98. The second-order valence-electron chi connectivity index (χ2n) is 6.80. The van der Waals surface area contributed by atoms with E-state index in [9.17, 15) is 8.42 Å². The summed E-state index contributed by atoms with van der Waals surface area (Å²) >= 11 is 0. The van der Waals surface area contributed by atoms with Crippen LogP contribution >= 0.6 is 24.0 Å². The predicted molar refractivity (Wildman–Crippen MR) is 137 cm³/mol. The summed E-state index contributed by atoms with van der Waals surface area (Å²) < 4.78 is 35.1. The van der Waals surface area contributed by atoms with Gasteiger partial charge in [0, 0.05) is 20.1 Å². The topological polar surface area (TPSA) is 89.0 Å². The first kappa shape index (κ1) is 27.0. The summed E-state index contributed by atoms with van der Waals surface area (Å²) in [5.74, 6) is 2.27. The highest BCUT2D eigenvalue weighted by Crippen LogP contribution is 2.27. The minimum absolute atomic E-state index is 0. The monoisotopic (exact) mass is 561 g/mol. The van der Waals surface area contributed by atoms with Gasteiger partial charge in [0.25, 0.3) is 0 Å². The minimum Gasteiger partial charge on any atom is -0.493 e. The number of guanidine groups is 1. The molecule has 0 heterocycles. The summed E-state index contributed by atoms with van der Waals surface area (Å²) in [5.41, 5.74) is 1.93. The summed E-state index contributed by atoms with van der Waals surface area (Å²) in [5, 5.41) is 6.40. The number of nitrogens with one attached hydrogen (secondary N) is 2. The summed E-state index contributed by atoms with van der Waals surface area (Å²) in [7, 11) is 1.79. The number of benzene rings is 2. The van der Waals surface area contributed by atoms with E-state index in [2.05, 4.69) is 15.6 Å². The highest BCUT2D eigenvalue weighted by molar-refractivity contribution is 14.0. The molecule has 0 bridgehead atoms. The van der Waals surface area contributed by atoms with Crippen LogP contribution < -0.4 is 20.1 Å². The van der Waals surface area contributed by atoms with Gasteiger partial charge in [0.05, 0.1) is 25.7 Å². The van der Waals surface area contributed by atoms with Crippen molar-refractivity contribution in [3.8, 4) is 11.5 Å². The third-order valence-electron chi connectivity index (χ3n) is 4.53. The van der Waals surface area contributed by atoms with Crippen LogP contribution in [0.4, 0.5) is 0 Å². The zero-order valence-electron chi connectivity index (χ0n) is 18.3. The molecule has 0 fully saturated rings. The van der Waals surface area contributed by atoms with Crippen molar-refractivity contribution in [2.24, 2.45) is 4.99 Å². The molecule has 172 valence electrons. The van der Waals surface area contributed by atoms with Crippen molar-refractivity contribution in [1.82, 2.24) is 10.6 Å². The van der Waals surface area contributed by atoms with Gasteiger partial charge in [-0.25, -0.2) is 8.42 Å². The molecule has 2 aromatic rings. The average Bonchev–Trinajstić information content (AvgIpc) is 2.75. The number of sulfone groups is 1. The maximum atomic E-state index is 12.2. The van der Waals surface area contributed by atoms with Gasteiger partial charge in [-0.3, -0.25) is 4.99 Å². The van der Waals surface area contributed by atoms with E-state index in [-0.39, 0.29) is 35.5 Å². The van der Waals surface area contributed by atoms with Crippen molar-refractivity contribution in [2.45, 2.75) is 18.6 Å². The molecule has 2 aromatic carbocycles. The molecule has 31 heavy (non-hydrogen) atoms. The molecule has 0 saturated carbocycles. The summed E-state index contributed by atoms with van der Waals surface area (Å²) in [6.45, 7) is 1.21. The first-order valence-electron chi connectivity index (χ1n) is 9.87. The Bertz CT molecular complexity index is 922. The van der Waals surface area contributed by atoms with Gasteiger partial charge in [-0.2, -0.15) is 0 Å².